The molecule has 140 valence electrons. The lowest BCUT2D eigenvalue weighted by atomic mass is 10.0. The van der Waals surface area contributed by atoms with Gasteiger partial charge in [0.25, 0.3) is 0 Å². The Morgan fingerprint density at radius 3 is 2.22 bits per heavy atom. The predicted octanol–water partition coefficient (Wildman–Crippen LogP) is 3.32. The van der Waals surface area contributed by atoms with Gasteiger partial charge in [0.05, 0.1) is 36.4 Å². The minimum absolute atomic E-state index is 0.0693. The van der Waals surface area contributed by atoms with Crippen LogP contribution in [-0.2, 0) is 27.9 Å². The van der Waals surface area contributed by atoms with Gasteiger partial charge in [-0.2, -0.15) is 4.31 Å². The van der Waals surface area contributed by atoms with E-state index in [0.717, 1.165) is 0 Å². The first-order valence-electron chi connectivity index (χ1n) is 8.45. The summed E-state index contributed by atoms with van der Waals surface area (Å²) in [5.74, 6) is 0.523. The second kappa shape index (κ2) is 6.71. The number of nitrogens with one attached hydrogen (secondary N) is 1. The van der Waals surface area contributed by atoms with Crippen molar-refractivity contribution in [1.29, 1.82) is 0 Å². The number of carbonyl (C=O) groups excluding carboxylic acids is 1. The van der Waals surface area contributed by atoms with E-state index in [0.29, 0.717) is 22.8 Å². The van der Waals surface area contributed by atoms with Crippen LogP contribution in [0, 0.1) is 0 Å². The Bertz CT molecular complexity index is 1020. The molecule has 7 nitrogen and oxygen atoms in total. The highest BCUT2D eigenvalue weighted by Gasteiger charge is 2.31. The van der Waals surface area contributed by atoms with Crippen LogP contribution < -0.4 is 5.32 Å². The first kappa shape index (κ1) is 17.6. The van der Waals surface area contributed by atoms with Crippen LogP contribution >= 0.6 is 0 Å². The van der Waals surface area contributed by atoms with Crippen molar-refractivity contribution in [3.8, 4) is 0 Å². The summed E-state index contributed by atoms with van der Waals surface area (Å²) in [4.78, 5) is 12.0. The van der Waals surface area contributed by atoms with Crippen LogP contribution in [0.15, 0.2) is 68.7 Å². The average molecular weight is 386 g/mol. The Morgan fingerprint density at radius 2 is 1.67 bits per heavy atom. The molecule has 0 radical (unpaired) electrons. The lowest BCUT2D eigenvalue weighted by Crippen LogP contribution is -2.30. The van der Waals surface area contributed by atoms with Crippen LogP contribution in [0.2, 0.25) is 0 Å². The number of benzene rings is 1. The van der Waals surface area contributed by atoms with Crippen LogP contribution in [0.1, 0.15) is 29.9 Å². The zero-order valence-electron chi connectivity index (χ0n) is 14.6. The third-order valence-corrected chi connectivity index (χ3v) is 6.39. The fraction of sp³-hybridized carbons (Fsp3) is 0.211. The molecule has 1 atom stereocenters. The molecule has 0 aliphatic carbocycles. The normalized spacial score (nSPS) is 16.5. The molecule has 0 saturated carbocycles. The molecule has 2 aromatic heterocycles. The number of sulfonamides is 1. The summed E-state index contributed by atoms with van der Waals surface area (Å²) >= 11 is 0. The Balaban J connectivity index is 1.71. The molecule has 1 amide bonds. The van der Waals surface area contributed by atoms with E-state index >= 15 is 0 Å². The highest BCUT2D eigenvalue weighted by atomic mass is 32.2. The molecule has 3 aromatic rings. The highest BCUT2D eigenvalue weighted by Crippen LogP contribution is 2.34. The molecule has 27 heavy (non-hydrogen) atoms. The van der Waals surface area contributed by atoms with E-state index in [4.69, 9.17) is 8.83 Å². The van der Waals surface area contributed by atoms with Crippen molar-refractivity contribution < 1.29 is 22.0 Å². The molecule has 1 aliphatic heterocycles. The molecule has 0 fully saturated rings. The summed E-state index contributed by atoms with van der Waals surface area (Å²) < 4.78 is 38.6. The number of fused-ring (bicyclic) bond motifs is 1. The van der Waals surface area contributed by atoms with Crippen molar-refractivity contribution in [3.63, 3.8) is 0 Å². The van der Waals surface area contributed by atoms with E-state index in [-0.39, 0.29) is 23.9 Å². The van der Waals surface area contributed by atoms with Gasteiger partial charge in [-0.1, -0.05) is 0 Å². The molecule has 8 heteroatoms. The number of carbonyl (C=O) groups is 1. The van der Waals surface area contributed by atoms with Gasteiger partial charge in [0.15, 0.2) is 0 Å². The van der Waals surface area contributed by atoms with Gasteiger partial charge < -0.3 is 14.2 Å². The second-order valence-electron chi connectivity index (χ2n) is 6.39. The third kappa shape index (κ3) is 3.29. The quantitative estimate of drug-likeness (QED) is 0.701. The van der Waals surface area contributed by atoms with Crippen LogP contribution in [0.4, 0.5) is 5.69 Å². The zero-order valence-corrected chi connectivity index (χ0v) is 15.4. The van der Waals surface area contributed by atoms with Crippen LogP contribution in [0.5, 0.6) is 0 Å². The maximum absolute atomic E-state index is 13.3. The summed E-state index contributed by atoms with van der Waals surface area (Å²) in [5, 5.41) is 2.75. The molecule has 1 N–H and O–H groups in total. The number of anilines is 1. The van der Waals surface area contributed by atoms with Gasteiger partial charge >= 0.3 is 0 Å². The van der Waals surface area contributed by atoms with Gasteiger partial charge in [0.1, 0.15) is 11.5 Å². The fourth-order valence-electron chi connectivity index (χ4n) is 3.08. The van der Waals surface area contributed by atoms with Crippen molar-refractivity contribution >= 4 is 21.6 Å². The van der Waals surface area contributed by atoms with E-state index in [1.807, 2.05) is 0 Å². The van der Waals surface area contributed by atoms with Gasteiger partial charge in [0, 0.05) is 5.69 Å². The molecule has 0 unspecified atom stereocenters. The summed E-state index contributed by atoms with van der Waals surface area (Å²) in [6.07, 6.45) is 3.00. The van der Waals surface area contributed by atoms with Crippen molar-refractivity contribution in [2.75, 3.05) is 5.32 Å². The lowest BCUT2D eigenvalue weighted by Gasteiger charge is -2.21. The summed E-state index contributed by atoms with van der Waals surface area (Å²) in [6.45, 7) is 1.89. The molecule has 0 spiro atoms. The van der Waals surface area contributed by atoms with Gasteiger partial charge in [-0.15, -0.1) is 0 Å². The standard InChI is InChI=1S/C19H18N2O5S/c1-13-17-10-16(6-7-18(17)20-19(13)22)27(23,24)21(11-14-4-2-8-25-14)12-15-5-3-9-26-15/h2-10,13H,11-12H2,1H3,(H,20,22)/t13-/m1/s1. The van der Waals surface area contributed by atoms with Gasteiger partial charge in [0.2, 0.25) is 15.9 Å². The third-order valence-electron chi connectivity index (χ3n) is 4.60. The van der Waals surface area contributed by atoms with Crippen molar-refractivity contribution in [2.24, 2.45) is 0 Å². The largest absolute Gasteiger partial charge is 0.468 e. The van der Waals surface area contributed by atoms with E-state index in [1.54, 1.807) is 43.3 Å². The molecule has 1 aromatic carbocycles. The monoisotopic (exact) mass is 386 g/mol. The number of hydrogen-bond donors (Lipinski definition) is 1. The molecular formula is C19H18N2O5S. The number of nitrogens with zero attached hydrogens (tertiary/aromatic N) is 1. The lowest BCUT2D eigenvalue weighted by molar-refractivity contribution is -0.116. The molecule has 0 saturated heterocycles. The van der Waals surface area contributed by atoms with Crippen LogP contribution in [0.25, 0.3) is 0 Å². The average Bonchev–Trinajstić information content (AvgIpc) is 3.38. The molecular weight excluding hydrogens is 368 g/mol. The minimum atomic E-state index is -3.84. The van der Waals surface area contributed by atoms with Gasteiger partial charge in [-0.05, 0) is 55.0 Å². The van der Waals surface area contributed by atoms with E-state index < -0.39 is 15.9 Å². The SMILES string of the molecule is C[C@H]1C(=O)Nc2ccc(S(=O)(=O)N(Cc3ccco3)Cc3ccco3)cc21. The van der Waals surface area contributed by atoms with Crippen molar-refractivity contribution in [2.45, 2.75) is 30.8 Å². The Hall–Kier alpha value is -2.84. The minimum Gasteiger partial charge on any atom is -0.468 e. The second-order valence-corrected chi connectivity index (χ2v) is 8.33. The van der Waals surface area contributed by atoms with Crippen molar-refractivity contribution in [3.05, 3.63) is 72.1 Å². The van der Waals surface area contributed by atoms with E-state index in [2.05, 4.69) is 5.32 Å². The maximum Gasteiger partial charge on any atom is 0.243 e. The number of furan rings is 2. The molecule has 0 bridgehead atoms. The topological polar surface area (TPSA) is 92.8 Å². The first-order chi connectivity index (χ1) is 12.9. The maximum atomic E-state index is 13.3. The zero-order chi connectivity index (χ0) is 19.0. The number of amides is 1. The number of rotatable bonds is 6. The summed E-state index contributed by atoms with van der Waals surface area (Å²) in [5.41, 5.74) is 1.33. The smallest absolute Gasteiger partial charge is 0.243 e. The Morgan fingerprint density at radius 1 is 1.04 bits per heavy atom. The Labute approximate surface area is 156 Å². The predicted molar refractivity (Wildman–Crippen MR) is 97.3 cm³/mol. The Kier molecular flexibility index (Phi) is 4.37. The van der Waals surface area contributed by atoms with Gasteiger partial charge in [-0.25, -0.2) is 8.42 Å². The van der Waals surface area contributed by atoms with Crippen LogP contribution in [-0.4, -0.2) is 18.6 Å². The number of hydrogen-bond acceptors (Lipinski definition) is 5. The first-order valence-corrected chi connectivity index (χ1v) is 9.89. The molecule has 1 aliphatic rings. The van der Waals surface area contributed by atoms with Crippen molar-refractivity contribution in [1.82, 2.24) is 4.31 Å². The highest BCUT2D eigenvalue weighted by molar-refractivity contribution is 7.89. The molecule has 4 rings (SSSR count). The summed E-state index contributed by atoms with van der Waals surface area (Å²) in [6, 6.07) is 11.6. The van der Waals surface area contributed by atoms with Gasteiger partial charge in [-0.3, -0.25) is 4.79 Å². The summed E-state index contributed by atoms with van der Waals surface area (Å²) in [7, 11) is -3.84. The molecule has 3 heterocycles. The van der Waals surface area contributed by atoms with E-state index in [1.165, 1.54) is 22.9 Å². The fourth-order valence-corrected chi connectivity index (χ4v) is 4.49. The van der Waals surface area contributed by atoms with E-state index in [9.17, 15) is 13.2 Å². The van der Waals surface area contributed by atoms with Crippen LogP contribution in [0.3, 0.4) is 0 Å².